The summed E-state index contributed by atoms with van der Waals surface area (Å²) in [7, 11) is 0. The van der Waals surface area contributed by atoms with Crippen molar-refractivity contribution in [1.29, 1.82) is 0 Å². The molecule has 0 unspecified atom stereocenters. The van der Waals surface area contributed by atoms with E-state index < -0.39 is 0 Å². The van der Waals surface area contributed by atoms with Crippen molar-refractivity contribution < 1.29 is 4.74 Å². The smallest absolute Gasteiger partial charge is 0.120 e. The molecule has 0 spiro atoms. The van der Waals surface area contributed by atoms with Crippen molar-refractivity contribution in [2.24, 2.45) is 0 Å². The summed E-state index contributed by atoms with van der Waals surface area (Å²) in [6, 6.07) is 0.278. The maximum absolute atomic E-state index is 5.12. The Hall–Kier alpha value is 0.600. The van der Waals surface area contributed by atoms with Gasteiger partial charge < -0.3 is 4.74 Å². The predicted molar refractivity (Wildman–Crippen MR) is 30.5 cm³/mol. The van der Waals surface area contributed by atoms with Crippen LogP contribution in [0.2, 0.25) is 0 Å². The third kappa shape index (κ3) is 4.60. The van der Waals surface area contributed by atoms with Crippen LogP contribution in [0.5, 0.6) is 0 Å². The Morgan fingerprint density at radius 3 is 2.50 bits per heavy atom. The van der Waals surface area contributed by atoms with Crippen molar-refractivity contribution in [3.63, 3.8) is 0 Å². The minimum absolute atomic E-state index is 0.278. The minimum atomic E-state index is 0.278. The van der Waals surface area contributed by atoms with Crippen molar-refractivity contribution in [2.45, 2.75) is 0 Å². The number of hydrogen-bond acceptors (Lipinski definition) is 2. The van der Waals surface area contributed by atoms with Crippen LogP contribution in [-0.2, 0) is 4.74 Å². The molecule has 0 heterocycles. The maximum Gasteiger partial charge on any atom is 0.120 e. The van der Waals surface area contributed by atoms with Gasteiger partial charge in [-0.05, 0) is 0 Å². The molecule has 0 aliphatic carbocycles. The minimum Gasteiger partial charge on any atom is -0.365 e. The molecule has 0 aromatic carbocycles. The van der Waals surface area contributed by atoms with Gasteiger partial charge in [-0.15, -0.1) is 0 Å². The highest BCUT2D eigenvalue weighted by molar-refractivity contribution is 7.80. The van der Waals surface area contributed by atoms with Crippen molar-refractivity contribution in [1.82, 2.24) is 0 Å². The number of ether oxygens (including phenoxy) is 1. The summed E-state index contributed by atoms with van der Waals surface area (Å²) < 4.78 is 4.67. The zero-order valence-corrected chi connectivity index (χ0v) is 5.01. The van der Waals surface area contributed by atoms with Crippen LogP contribution in [0, 0.1) is 0 Å². The average Bonchev–Trinajstić information content (AvgIpc) is 1.61. The molecule has 1 nitrogen and oxygen atoms in total. The molecule has 0 atom stereocenters. The number of thiol groups is 1. The molecule has 0 aromatic heterocycles. The Morgan fingerprint density at radius 2 is 2.33 bits per heavy atom. The SMILES string of the molecule is SCCOCCl. The third-order valence-electron chi connectivity index (χ3n) is 0.313. The molecular formula is C3H7ClOS. The second kappa shape index (κ2) is 5.60. The summed E-state index contributed by atoms with van der Waals surface area (Å²) in [5.41, 5.74) is 0. The van der Waals surface area contributed by atoms with E-state index in [0.717, 1.165) is 5.75 Å². The molecule has 0 fully saturated rings. The fourth-order valence-electron chi connectivity index (χ4n) is 0.119. The van der Waals surface area contributed by atoms with E-state index in [9.17, 15) is 0 Å². The Kier molecular flexibility index (Phi) is 6.16. The lowest BCUT2D eigenvalue weighted by Crippen LogP contribution is -1.90. The average molecular weight is 127 g/mol. The zero-order valence-electron chi connectivity index (χ0n) is 3.35. The van der Waals surface area contributed by atoms with Gasteiger partial charge in [0.05, 0.1) is 6.61 Å². The van der Waals surface area contributed by atoms with Crippen LogP contribution in [0.4, 0.5) is 0 Å². The normalized spacial score (nSPS) is 9.00. The van der Waals surface area contributed by atoms with Gasteiger partial charge in [-0.2, -0.15) is 12.6 Å². The summed E-state index contributed by atoms with van der Waals surface area (Å²) in [5.74, 6) is 0.743. The highest BCUT2D eigenvalue weighted by atomic mass is 35.5. The Labute approximate surface area is 48.0 Å². The topological polar surface area (TPSA) is 9.23 Å². The van der Waals surface area contributed by atoms with Crippen LogP contribution < -0.4 is 0 Å². The molecule has 0 bridgehead atoms. The number of hydrogen-bond donors (Lipinski definition) is 1. The predicted octanol–water partition coefficient (Wildman–Crippen LogP) is 1.13. The van der Waals surface area contributed by atoms with E-state index in [1.54, 1.807) is 0 Å². The monoisotopic (exact) mass is 126 g/mol. The van der Waals surface area contributed by atoms with E-state index in [1.165, 1.54) is 0 Å². The van der Waals surface area contributed by atoms with E-state index in [4.69, 9.17) is 11.6 Å². The van der Waals surface area contributed by atoms with Crippen molar-refractivity contribution in [3.05, 3.63) is 0 Å². The van der Waals surface area contributed by atoms with Gasteiger partial charge >= 0.3 is 0 Å². The van der Waals surface area contributed by atoms with Gasteiger partial charge in [0, 0.05) is 5.75 Å². The van der Waals surface area contributed by atoms with E-state index in [2.05, 4.69) is 17.4 Å². The van der Waals surface area contributed by atoms with Gasteiger partial charge in [-0.1, -0.05) is 11.6 Å². The fourth-order valence-corrected chi connectivity index (χ4v) is 0.357. The Balaban J connectivity index is 2.34. The zero-order chi connectivity index (χ0) is 4.83. The molecule has 0 N–H and O–H groups in total. The summed E-state index contributed by atoms with van der Waals surface area (Å²) >= 11 is 9.00. The van der Waals surface area contributed by atoms with Crippen LogP contribution in [0.15, 0.2) is 0 Å². The maximum atomic E-state index is 5.12. The number of alkyl halides is 1. The molecule has 0 saturated carbocycles. The second-order valence-corrected chi connectivity index (χ2v) is 1.41. The molecule has 0 saturated heterocycles. The highest BCUT2D eigenvalue weighted by Crippen LogP contribution is 1.79. The van der Waals surface area contributed by atoms with Crippen LogP contribution in [0.25, 0.3) is 0 Å². The Bertz CT molecular complexity index is 22.8. The van der Waals surface area contributed by atoms with Crippen molar-refractivity contribution >= 4 is 24.2 Å². The third-order valence-corrected chi connectivity index (χ3v) is 0.650. The van der Waals surface area contributed by atoms with Crippen LogP contribution >= 0.6 is 24.2 Å². The van der Waals surface area contributed by atoms with Gasteiger partial charge in [0.25, 0.3) is 0 Å². The highest BCUT2D eigenvalue weighted by Gasteiger charge is 1.74. The first-order valence-electron chi connectivity index (χ1n) is 1.66. The first-order chi connectivity index (χ1) is 2.91. The molecule has 0 rings (SSSR count). The lowest BCUT2D eigenvalue weighted by atomic mass is 10.9. The molecule has 6 heavy (non-hydrogen) atoms. The molecule has 0 aliphatic rings. The van der Waals surface area contributed by atoms with Crippen LogP contribution in [0.1, 0.15) is 0 Å². The summed E-state index contributed by atoms with van der Waals surface area (Å²) in [4.78, 5) is 0. The summed E-state index contributed by atoms with van der Waals surface area (Å²) in [6.07, 6.45) is 0. The van der Waals surface area contributed by atoms with E-state index >= 15 is 0 Å². The molecule has 0 aliphatic heterocycles. The largest absolute Gasteiger partial charge is 0.365 e. The molecule has 0 amide bonds. The van der Waals surface area contributed by atoms with Crippen molar-refractivity contribution in [3.8, 4) is 0 Å². The van der Waals surface area contributed by atoms with Crippen LogP contribution in [-0.4, -0.2) is 18.4 Å². The Morgan fingerprint density at radius 1 is 1.67 bits per heavy atom. The van der Waals surface area contributed by atoms with Gasteiger partial charge in [-0.25, -0.2) is 0 Å². The van der Waals surface area contributed by atoms with Crippen LogP contribution in [0.3, 0.4) is 0 Å². The van der Waals surface area contributed by atoms with Gasteiger partial charge in [0.15, 0.2) is 0 Å². The van der Waals surface area contributed by atoms with Gasteiger partial charge in [-0.3, -0.25) is 0 Å². The summed E-state index contributed by atoms with van der Waals surface area (Å²) in [5, 5.41) is 0. The first-order valence-corrected chi connectivity index (χ1v) is 2.83. The lowest BCUT2D eigenvalue weighted by molar-refractivity contribution is 0.198. The summed E-state index contributed by atoms with van der Waals surface area (Å²) in [6.45, 7) is 0.645. The second-order valence-electron chi connectivity index (χ2n) is 0.741. The standard InChI is InChI=1S/C3H7ClOS/c4-3-5-1-2-6/h6H,1-3H2. The lowest BCUT2D eigenvalue weighted by Gasteiger charge is -1.89. The van der Waals surface area contributed by atoms with Gasteiger partial charge in [0.1, 0.15) is 6.07 Å². The molecule has 0 aromatic rings. The van der Waals surface area contributed by atoms with E-state index in [-0.39, 0.29) is 6.07 Å². The van der Waals surface area contributed by atoms with Gasteiger partial charge in [0.2, 0.25) is 0 Å². The fraction of sp³-hybridized carbons (Fsp3) is 1.00. The number of halogens is 1. The van der Waals surface area contributed by atoms with Crippen molar-refractivity contribution in [2.75, 3.05) is 18.4 Å². The quantitative estimate of drug-likeness (QED) is 0.339. The number of rotatable bonds is 3. The van der Waals surface area contributed by atoms with E-state index in [0.29, 0.717) is 6.61 Å². The molecule has 38 valence electrons. The molecular weight excluding hydrogens is 120 g/mol. The molecule has 3 heteroatoms. The first kappa shape index (κ1) is 6.60. The van der Waals surface area contributed by atoms with E-state index in [1.807, 2.05) is 0 Å². The molecule has 0 radical (unpaired) electrons.